The highest BCUT2D eigenvalue weighted by Crippen LogP contribution is 2.34. The lowest BCUT2D eigenvalue weighted by Gasteiger charge is -2.23. The van der Waals surface area contributed by atoms with Gasteiger partial charge in [0, 0.05) is 17.2 Å². The summed E-state index contributed by atoms with van der Waals surface area (Å²) in [6, 6.07) is 4.45. The van der Waals surface area contributed by atoms with Gasteiger partial charge in [-0.1, -0.05) is 6.07 Å². The van der Waals surface area contributed by atoms with Crippen molar-refractivity contribution in [2.75, 3.05) is 24.7 Å². The van der Waals surface area contributed by atoms with Gasteiger partial charge in [0.2, 0.25) is 5.91 Å². The van der Waals surface area contributed by atoms with Crippen LogP contribution in [0.3, 0.4) is 0 Å². The Hall–Kier alpha value is -0.520. The molecule has 1 aliphatic rings. The van der Waals surface area contributed by atoms with Gasteiger partial charge in [-0.05, 0) is 24.3 Å². The van der Waals surface area contributed by atoms with Crippen molar-refractivity contribution in [3.05, 3.63) is 22.4 Å². The molecule has 0 aliphatic carbocycles. The molecule has 1 unspecified atom stereocenters. The average molecular weight is 271 g/mol. The van der Waals surface area contributed by atoms with Gasteiger partial charge in [-0.25, -0.2) is 0 Å². The molecule has 1 fully saturated rings. The van der Waals surface area contributed by atoms with E-state index in [0.29, 0.717) is 11.5 Å². The number of likely N-dealkylation sites (tertiary alicyclic amines) is 1. The van der Waals surface area contributed by atoms with Crippen LogP contribution in [0.1, 0.15) is 23.8 Å². The Kier molecular flexibility index (Phi) is 4.88. The van der Waals surface area contributed by atoms with Crippen LogP contribution in [0.4, 0.5) is 0 Å². The largest absolute Gasteiger partial charge is 0.396 e. The number of thiophene rings is 1. The third-order valence-electron chi connectivity index (χ3n) is 2.91. The molecular weight excluding hydrogens is 254 g/mol. The summed E-state index contributed by atoms with van der Waals surface area (Å²) in [4.78, 5) is 15.3. The standard InChI is InChI=1S/C12H17NO2S2/c14-6-8-16-9-12(15)13-5-1-3-10(13)11-4-2-7-17-11/h2,4,7,10,14H,1,3,5-6,8-9H2. The van der Waals surface area contributed by atoms with Crippen molar-refractivity contribution in [2.24, 2.45) is 0 Å². The van der Waals surface area contributed by atoms with Crippen LogP contribution in [0.15, 0.2) is 17.5 Å². The van der Waals surface area contributed by atoms with Crippen LogP contribution >= 0.6 is 23.1 Å². The van der Waals surface area contributed by atoms with Gasteiger partial charge in [0.15, 0.2) is 0 Å². The van der Waals surface area contributed by atoms with Gasteiger partial charge in [-0.15, -0.1) is 23.1 Å². The Labute approximate surface area is 110 Å². The smallest absolute Gasteiger partial charge is 0.233 e. The predicted molar refractivity (Wildman–Crippen MR) is 72.4 cm³/mol. The van der Waals surface area contributed by atoms with Crippen LogP contribution in [0.2, 0.25) is 0 Å². The first-order chi connectivity index (χ1) is 8.33. The van der Waals surface area contributed by atoms with Crippen molar-refractivity contribution >= 4 is 29.0 Å². The van der Waals surface area contributed by atoms with Crippen molar-refractivity contribution in [1.82, 2.24) is 4.90 Å². The number of thioether (sulfide) groups is 1. The fourth-order valence-corrected chi connectivity index (χ4v) is 3.64. The lowest BCUT2D eigenvalue weighted by Crippen LogP contribution is -2.31. The number of rotatable bonds is 5. The minimum Gasteiger partial charge on any atom is -0.396 e. The number of aliphatic hydroxyl groups excluding tert-OH is 1. The third-order valence-corrected chi connectivity index (χ3v) is 4.80. The Balaban J connectivity index is 1.93. The lowest BCUT2D eigenvalue weighted by molar-refractivity contribution is -0.129. The summed E-state index contributed by atoms with van der Waals surface area (Å²) in [7, 11) is 0. The number of hydrogen-bond acceptors (Lipinski definition) is 4. The molecule has 0 saturated carbocycles. The Morgan fingerprint density at radius 1 is 1.65 bits per heavy atom. The summed E-state index contributed by atoms with van der Waals surface area (Å²) in [5, 5.41) is 10.8. The highest BCUT2D eigenvalue weighted by Gasteiger charge is 2.29. The normalized spacial score (nSPS) is 19.8. The first-order valence-corrected chi connectivity index (χ1v) is 7.88. The van der Waals surface area contributed by atoms with E-state index < -0.39 is 0 Å². The van der Waals surface area contributed by atoms with Crippen LogP contribution < -0.4 is 0 Å². The number of hydrogen-bond donors (Lipinski definition) is 1. The molecular formula is C12H17NO2S2. The van der Waals surface area contributed by atoms with Gasteiger partial charge in [0.25, 0.3) is 0 Å². The molecule has 5 heteroatoms. The van der Waals surface area contributed by atoms with Crippen molar-refractivity contribution in [3.8, 4) is 0 Å². The topological polar surface area (TPSA) is 40.5 Å². The van der Waals surface area contributed by atoms with E-state index in [1.165, 1.54) is 16.6 Å². The molecule has 1 aromatic rings. The third kappa shape index (κ3) is 3.24. The predicted octanol–water partition coefficient (Wildman–Crippen LogP) is 2.14. The Bertz CT molecular complexity index is 353. The van der Waals surface area contributed by atoms with Crippen molar-refractivity contribution in [3.63, 3.8) is 0 Å². The first-order valence-electron chi connectivity index (χ1n) is 5.84. The highest BCUT2D eigenvalue weighted by atomic mass is 32.2. The molecule has 0 radical (unpaired) electrons. The fourth-order valence-electron chi connectivity index (χ4n) is 2.15. The molecule has 1 amide bonds. The summed E-state index contributed by atoms with van der Waals surface area (Å²) in [6.45, 7) is 1.02. The number of carbonyl (C=O) groups excluding carboxylic acids is 1. The van der Waals surface area contributed by atoms with E-state index in [4.69, 9.17) is 5.11 Å². The monoisotopic (exact) mass is 271 g/mol. The fraction of sp³-hybridized carbons (Fsp3) is 0.583. The van der Waals surface area contributed by atoms with Crippen LogP contribution in [-0.2, 0) is 4.79 Å². The maximum absolute atomic E-state index is 12.1. The summed E-state index contributed by atoms with van der Waals surface area (Å²) >= 11 is 3.24. The molecule has 0 bridgehead atoms. The van der Waals surface area contributed by atoms with Crippen LogP contribution in [-0.4, -0.2) is 40.6 Å². The van der Waals surface area contributed by atoms with Crippen molar-refractivity contribution in [2.45, 2.75) is 18.9 Å². The minimum atomic E-state index is 0.145. The molecule has 1 saturated heterocycles. The Morgan fingerprint density at radius 2 is 2.53 bits per heavy atom. The lowest BCUT2D eigenvalue weighted by atomic mass is 10.2. The SMILES string of the molecule is O=C(CSCCO)N1CCCC1c1cccs1. The van der Waals surface area contributed by atoms with Crippen LogP contribution in [0, 0.1) is 0 Å². The van der Waals surface area contributed by atoms with Crippen LogP contribution in [0.5, 0.6) is 0 Å². The average Bonchev–Trinajstić information content (AvgIpc) is 2.99. The number of aliphatic hydroxyl groups is 1. The van der Waals surface area contributed by atoms with E-state index >= 15 is 0 Å². The second kappa shape index (κ2) is 6.42. The summed E-state index contributed by atoms with van der Waals surface area (Å²) < 4.78 is 0. The Morgan fingerprint density at radius 3 is 3.24 bits per heavy atom. The molecule has 0 spiro atoms. The second-order valence-electron chi connectivity index (χ2n) is 4.04. The van der Waals surface area contributed by atoms with Crippen molar-refractivity contribution in [1.29, 1.82) is 0 Å². The van der Waals surface area contributed by atoms with E-state index in [-0.39, 0.29) is 18.6 Å². The molecule has 1 aliphatic heterocycles. The van der Waals surface area contributed by atoms with E-state index in [1.54, 1.807) is 11.3 Å². The zero-order chi connectivity index (χ0) is 12.1. The van der Waals surface area contributed by atoms with E-state index in [0.717, 1.165) is 19.4 Å². The molecule has 1 atom stereocenters. The quantitative estimate of drug-likeness (QED) is 0.834. The van der Waals surface area contributed by atoms with Gasteiger partial charge in [0.05, 0.1) is 18.4 Å². The first kappa shape index (κ1) is 12.9. The van der Waals surface area contributed by atoms with Gasteiger partial charge >= 0.3 is 0 Å². The van der Waals surface area contributed by atoms with Gasteiger partial charge in [-0.2, -0.15) is 0 Å². The number of amides is 1. The molecule has 2 heterocycles. The summed E-state index contributed by atoms with van der Waals surface area (Å²) in [5.74, 6) is 1.34. The maximum atomic E-state index is 12.1. The van der Waals surface area contributed by atoms with E-state index in [9.17, 15) is 4.79 Å². The zero-order valence-corrected chi connectivity index (χ0v) is 11.3. The molecule has 17 heavy (non-hydrogen) atoms. The summed E-state index contributed by atoms with van der Waals surface area (Å²) in [5.41, 5.74) is 0. The second-order valence-corrected chi connectivity index (χ2v) is 6.12. The molecule has 3 nitrogen and oxygen atoms in total. The van der Waals surface area contributed by atoms with Gasteiger partial charge < -0.3 is 10.0 Å². The molecule has 1 aromatic heterocycles. The molecule has 94 valence electrons. The van der Waals surface area contributed by atoms with E-state index in [1.807, 2.05) is 11.0 Å². The molecule has 1 N–H and O–H groups in total. The zero-order valence-electron chi connectivity index (χ0n) is 9.67. The highest BCUT2D eigenvalue weighted by molar-refractivity contribution is 7.99. The number of nitrogens with zero attached hydrogens (tertiary/aromatic N) is 1. The number of carbonyl (C=O) groups is 1. The minimum absolute atomic E-state index is 0.145. The molecule has 0 aromatic carbocycles. The van der Waals surface area contributed by atoms with Gasteiger partial charge in [0.1, 0.15) is 0 Å². The molecule has 2 rings (SSSR count). The summed E-state index contributed by atoms with van der Waals surface area (Å²) in [6.07, 6.45) is 2.18. The van der Waals surface area contributed by atoms with E-state index in [2.05, 4.69) is 11.4 Å². The van der Waals surface area contributed by atoms with Gasteiger partial charge in [-0.3, -0.25) is 4.79 Å². The maximum Gasteiger partial charge on any atom is 0.233 e. The van der Waals surface area contributed by atoms with Crippen molar-refractivity contribution < 1.29 is 9.90 Å². The van der Waals surface area contributed by atoms with Crippen LogP contribution in [0.25, 0.3) is 0 Å².